The Kier molecular flexibility index (Phi) is 6.01. The number of likely N-dealkylation sites (tertiary alicyclic amines) is 1. The maximum Gasteiger partial charge on any atom is 0.222 e. The van der Waals surface area contributed by atoms with Gasteiger partial charge in [-0.05, 0) is 83.3 Å². The summed E-state index contributed by atoms with van der Waals surface area (Å²) >= 11 is 6.22. The fraction of sp³-hybridized carbons (Fsp3) is 0.500. The molecule has 0 amide bonds. The average Bonchev–Trinajstić information content (AvgIpc) is 3.09. The number of aryl methyl sites for hydroxylation is 2. The zero-order valence-electron chi connectivity index (χ0n) is 17.4. The highest BCUT2D eigenvalue weighted by Gasteiger charge is 2.16. The quantitative estimate of drug-likeness (QED) is 0.568. The van der Waals surface area contributed by atoms with Crippen LogP contribution in [0.5, 0.6) is 0 Å². The molecule has 3 heterocycles. The van der Waals surface area contributed by atoms with Crippen molar-refractivity contribution in [1.82, 2.24) is 24.8 Å². The monoisotopic (exact) mass is 412 g/mol. The van der Waals surface area contributed by atoms with E-state index in [1.54, 1.807) is 0 Å². The van der Waals surface area contributed by atoms with Gasteiger partial charge in [-0.3, -0.25) is 0 Å². The number of piperidine rings is 1. The lowest BCUT2D eigenvalue weighted by molar-refractivity contribution is 0.211. The van der Waals surface area contributed by atoms with E-state index in [4.69, 9.17) is 11.6 Å². The van der Waals surface area contributed by atoms with E-state index in [1.165, 1.54) is 32.4 Å². The zero-order valence-corrected chi connectivity index (χ0v) is 18.2. The highest BCUT2D eigenvalue weighted by molar-refractivity contribution is 6.32. The normalized spacial score (nSPS) is 15.9. The predicted octanol–water partition coefficient (Wildman–Crippen LogP) is 4.82. The molecule has 1 aliphatic rings. The molecule has 1 fully saturated rings. The van der Waals surface area contributed by atoms with Crippen molar-refractivity contribution >= 4 is 28.6 Å². The number of hydrogen-bond donors (Lipinski definition) is 2. The molecule has 0 aliphatic carbocycles. The molecule has 3 aromatic rings. The fourth-order valence-corrected chi connectivity index (χ4v) is 4.15. The van der Waals surface area contributed by atoms with Crippen LogP contribution in [0.15, 0.2) is 18.3 Å². The summed E-state index contributed by atoms with van der Waals surface area (Å²) in [6.45, 7) is 7.36. The molecule has 0 unspecified atom stereocenters. The van der Waals surface area contributed by atoms with Gasteiger partial charge in [0.05, 0.1) is 22.3 Å². The Morgan fingerprint density at radius 2 is 2.00 bits per heavy atom. The van der Waals surface area contributed by atoms with Crippen LogP contribution in [0, 0.1) is 19.8 Å². The Hall–Kier alpha value is -2.18. The van der Waals surface area contributed by atoms with Crippen LogP contribution in [0.4, 0.5) is 5.95 Å². The third-order valence-corrected chi connectivity index (χ3v) is 6.31. The van der Waals surface area contributed by atoms with Crippen molar-refractivity contribution in [1.29, 1.82) is 0 Å². The Bertz CT molecular complexity index is 951. The molecule has 0 spiro atoms. The van der Waals surface area contributed by atoms with Gasteiger partial charge < -0.3 is 15.2 Å². The number of rotatable bonds is 6. The molecule has 0 atom stereocenters. The first-order valence-electron chi connectivity index (χ1n) is 10.4. The van der Waals surface area contributed by atoms with Crippen molar-refractivity contribution in [2.45, 2.75) is 39.5 Å². The van der Waals surface area contributed by atoms with Gasteiger partial charge in [0.25, 0.3) is 0 Å². The van der Waals surface area contributed by atoms with Gasteiger partial charge in [0.2, 0.25) is 5.95 Å². The summed E-state index contributed by atoms with van der Waals surface area (Å²) in [6.07, 6.45) is 6.92. The van der Waals surface area contributed by atoms with E-state index in [0.29, 0.717) is 5.95 Å². The standard InChI is InChI=1S/C22H29ClN6/c1-14-11-19-20(12-18(14)23)28-21(27-19)17-13-25-22(26-15(17)2)24-8-4-5-16-6-9-29(3)10-7-16/h11-13,16H,4-10H2,1-3H3,(H,27,28)(H,24,25,26). The summed E-state index contributed by atoms with van der Waals surface area (Å²) in [5.74, 6) is 2.32. The van der Waals surface area contributed by atoms with E-state index in [1.807, 2.05) is 32.2 Å². The Morgan fingerprint density at radius 1 is 1.21 bits per heavy atom. The molecule has 4 rings (SSSR count). The molecule has 7 heteroatoms. The van der Waals surface area contributed by atoms with Gasteiger partial charge in [0, 0.05) is 17.8 Å². The minimum Gasteiger partial charge on any atom is -0.354 e. The summed E-state index contributed by atoms with van der Waals surface area (Å²) < 4.78 is 0. The second-order valence-electron chi connectivity index (χ2n) is 8.21. The third-order valence-electron chi connectivity index (χ3n) is 5.91. The van der Waals surface area contributed by atoms with Crippen molar-refractivity contribution in [3.05, 3.63) is 34.6 Å². The van der Waals surface area contributed by atoms with E-state index in [-0.39, 0.29) is 0 Å². The predicted molar refractivity (Wildman–Crippen MR) is 120 cm³/mol. The SMILES string of the molecule is Cc1cc2[nH]c(-c3cnc(NCCCC4CCN(C)CC4)nc3C)nc2cc1Cl. The first-order chi connectivity index (χ1) is 14.0. The van der Waals surface area contributed by atoms with Gasteiger partial charge in [-0.15, -0.1) is 0 Å². The number of hydrogen-bond acceptors (Lipinski definition) is 5. The van der Waals surface area contributed by atoms with E-state index < -0.39 is 0 Å². The minimum atomic E-state index is 0.685. The Labute approximate surface area is 177 Å². The minimum absolute atomic E-state index is 0.685. The van der Waals surface area contributed by atoms with Gasteiger partial charge in [-0.2, -0.15) is 0 Å². The van der Waals surface area contributed by atoms with E-state index >= 15 is 0 Å². The van der Waals surface area contributed by atoms with Gasteiger partial charge >= 0.3 is 0 Å². The van der Waals surface area contributed by atoms with E-state index in [2.05, 4.69) is 37.2 Å². The lowest BCUT2D eigenvalue weighted by atomic mass is 9.92. The number of aromatic nitrogens is 4. The number of H-pyrrole nitrogens is 1. The van der Waals surface area contributed by atoms with Crippen molar-refractivity contribution in [3.63, 3.8) is 0 Å². The molecule has 6 nitrogen and oxygen atoms in total. The van der Waals surface area contributed by atoms with Gasteiger partial charge in [0.1, 0.15) is 5.82 Å². The Balaban J connectivity index is 1.36. The molecule has 1 aliphatic heterocycles. The molecule has 1 saturated heterocycles. The number of fused-ring (bicyclic) bond motifs is 1. The second kappa shape index (κ2) is 8.67. The molecule has 2 aromatic heterocycles. The number of benzene rings is 1. The smallest absolute Gasteiger partial charge is 0.222 e. The zero-order chi connectivity index (χ0) is 20.4. The summed E-state index contributed by atoms with van der Waals surface area (Å²) in [6, 6.07) is 3.91. The molecule has 2 N–H and O–H groups in total. The molecule has 0 radical (unpaired) electrons. The number of anilines is 1. The molecular formula is C22H29ClN6. The van der Waals surface area contributed by atoms with E-state index in [9.17, 15) is 0 Å². The molecular weight excluding hydrogens is 384 g/mol. The molecule has 0 bridgehead atoms. The van der Waals surface area contributed by atoms with Crippen LogP contribution in [-0.4, -0.2) is 51.5 Å². The summed E-state index contributed by atoms with van der Waals surface area (Å²) in [4.78, 5) is 19.6. The van der Waals surface area contributed by atoms with Crippen LogP contribution in [-0.2, 0) is 0 Å². The van der Waals surface area contributed by atoms with Crippen LogP contribution >= 0.6 is 11.6 Å². The number of halogens is 1. The highest BCUT2D eigenvalue weighted by atomic mass is 35.5. The van der Waals surface area contributed by atoms with Crippen LogP contribution in [0.3, 0.4) is 0 Å². The lowest BCUT2D eigenvalue weighted by Crippen LogP contribution is -2.30. The van der Waals surface area contributed by atoms with Crippen LogP contribution in [0.1, 0.15) is 36.9 Å². The number of aromatic amines is 1. The van der Waals surface area contributed by atoms with Gasteiger partial charge in [0.15, 0.2) is 0 Å². The van der Waals surface area contributed by atoms with Crippen molar-refractivity contribution in [2.75, 3.05) is 32.0 Å². The summed E-state index contributed by atoms with van der Waals surface area (Å²) in [7, 11) is 2.21. The number of nitrogens with one attached hydrogen (secondary N) is 2. The lowest BCUT2D eigenvalue weighted by Gasteiger charge is -2.28. The van der Waals surface area contributed by atoms with Crippen molar-refractivity contribution < 1.29 is 0 Å². The molecule has 0 saturated carbocycles. The Morgan fingerprint density at radius 3 is 2.76 bits per heavy atom. The maximum atomic E-state index is 6.22. The second-order valence-corrected chi connectivity index (χ2v) is 8.62. The van der Waals surface area contributed by atoms with Crippen LogP contribution < -0.4 is 5.32 Å². The summed E-state index contributed by atoms with van der Waals surface area (Å²) in [5, 5.41) is 4.10. The van der Waals surface area contributed by atoms with Crippen LogP contribution in [0.25, 0.3) is 22.4 Å². The fourth-order valence-electron chi connectivity index (χ4n) is 3.99. The largest absolute Gasteiger partial charge is 0.354 e. The molecule has 154 valence electrons. The molecule has 29 heavy (non-hydrogen) atoms. The average molecular weight is 413 g/mol. The summed E-state index contributed by atoms with van der Waals surface area (Å²) in [5.41, 5.74) is 4.66. The van der Waals surface area contributed by atoms with Crippen molar-refractivity contribution in [2.24, 2.45) is 5.92 Å². The molecule has 1 aromatic carbocycles. The van der Waals surface area contributed by atoms with E-state index in [0.717, 1.165) is 57.6 Å². The number of imidazole rings is 1. The first-order valence-corrected chi connectivity index (χ1v) is 10.8. The van der Waals surface area contributed by atoms with Gasteiger partial charge in [-0.1, -0.05) is 11.6 Å². The first kappa shape index (κ1) is 20.1. The maximum absolute atomic E-state index is 6.22. The van der Waals surface area contributed by atoms with Crippen LogP contribution in [0.2, 0.25) is 5.02 Å². The number of nitrogens with zero attached hydrogens (tertiary/aromatic N) is 4. The topological polar surface area (TPSA) is 69.7 Å². The third kappa shape index (κ3) is 4.70. The van der Waals surface area contributed by atoms with Crippen molar-refractivity contribution in [3.8, 4) is 11.4 Å². The highest BCUT2D eigenvalue weighted by Crippen LogP contribution is 2.27. The van der Waals surface area contributed by atoms with Gasteiger partial charge in [-0.25, -0.2) is 15.0 Å².